The molecule has 2 N–H and O–H groups in total. The van der Waals surface area contributed by atoms with Gasteiger partial charge in [-0.3, -0.25) is 4.79 Å². The van der Waals surface area contributed by atoms with Gasteiger partial charge in [0.15, 0.2) is 0 Å². The van der Waals surface area contributed by atoms with Crippen LogP contribution >= 0.6 is 23.2 Å². The van der Waals surface area contributed by atoms with E-state index in [-0.39, 0.29) is 11.9 Å². The Morgan fingerprint density at radius 1 is 1.44 bits per heavy atom. The van der Waals surface area contributed by atoms with Crippen LogP contribution in [0, 0.1) is 0 Å². The first kappa shape index (κ1) is 11.7. The highest BCUT2D eigenvalue weighted by molar-refractivity contribution is 6.36. The fourth-order valence-electron chi connectivity index (χ4n) is 1.71. The summed E-state index contributed by atoms with van der Waals surface area (Å²) in [4.78, 5) is 11.9. The Bertz CT molecular complexity index is 403. The number of hydrogen-bond acceptors (Lipinski definition) is 2. The lowest BCUT2D eigenvalue weighted by molar-refractivity contribution is 0.0940. The van der Waals surface area contributed by atoms with Gasteiger partial charge in [-0.15, -0.1) is 0 Å². The van der Waals surface area contributed by atoms with Crippen molar-refractivity contribution in [3.8, 4) is 0 Å². The quantitative estimate of drug-likeness (QED) is 0.853. The second-order valence-electron chi connectivity index (χ2n) is 3.79. The molecule has 16 heavy (non-hydrogen) atoms. The van der Waals surface area contributed by atoms with Gasteiger partial charge < -0.3 is 10.6 Å². The van der Waals surface area contributed by atoms with Crippen LogP contribution in [0.15, 0.2) is 18.2 Å². The molecule has 1 saturated heterocycles. The number of benzene rings is 1. The molecule has 86 valence electrons. The zero-order chi connectivity index (χ0) is 11.5. The number of hydrogen-bond donors (Lipinski definition) is 2. The maximum Gasteiger partial charge on any atom is 0.253 e. The van der Waals surface area contributed by atoms with E-state index in [1.54, 1.807) is 18.2 Å². The molecule has 0 bridgehead atoms. The standard InChI is InChI=1S/C11H12Cl2N2O/c12-7-1-2-9(10(13)5-7)11(16)15-8-3-4-14-6-8/h1-2,5,8,14H,3-4,6H2,(H,15,16)/t8-/m1/s1. The van der Waals surface area contributed by atoms with Crippen LogP contribution in [0.4, 0.5) is 0 Å². The monoisotopic (exact) mass is 258 g/mol. The summed E-state index contributed by atoms with van der Waals surface area (Å²) >= 11 is 11.7. The summed E-state index contributed by atoms with van der Waals surface area (Å²) in [5.74, 6) is -0.143. The van der Waals surface area contributed by atoms with Crippen molar-refractivity contribution in [2.24, 2.45) is 0 Å². The van der Waals surface area contributed by atoms with Crippen molar-refractivity contribution in [1.82, 2.24) is 10.6 Å². The highest BCUT2D eigenvalue weighted by Crippen LogP contribution is 2.21. The van der Waals surface area contributed by atoms with E-state index >= 15 is 0 Å². The van der Waals surface area contributed by atoms with E-state index < -0.39 is 0 Å². The average molecular weight is 259 g/mol. The van der Waals surface area contributed by atoms with Gasteiger partial charge in [-0.1, -0.05) is 23.2 Å². The molecule has 1 aliphatic heterocycles. The maximum atomic E-state index is 11.9. The molecule has 1 heterocycles. The van der Waals surface area contributed by atoms with Crippen molar-refractivity contribution in [1.29, 1.82) is 0 Å². The first-order valence-corrected chi connectivity index (χ1v) is 5.89. The summed E-state index contributed by atoms with van der Waals surface area (Å²) < 4.78 is 0. The Balaban J connectivity index is 2.08. The topological polar surface area (TPSA) is 41.1 Å². The number of carbonyl (C=O) groups excluding carboxylic acids is 1. The minimum atomic E-state index is -0.143. The van der Waals surface area contributed by atoms with Crippen LogP contribution in [-0.2, 0) is 0 Å². The van der Waals surface area contributed by atoms with Gasteiger partial charge in [0.2, 0.25) is 0 Å². The SMILES string of the molecule is O=C(N[C@@H]1CCNC1)c1ccc(Cl)cc1Cl. The Kier molecular flexibility index (Phi) is 3.69. The molecule has 1 atom stereocenters. The molecular weight excluding hydrogens is 247 g/mol. The zero-order valence-corrected chi connectivity index (χ0v) is 10.1. The van der Waals surface area contributed by atoms with Gasteiger partial charge in [0.1, 0.15) is 0 Å². The van der Waals surface area contributed by atoms with E-state index in [0.717, 1.165) is 19.5 Å². The van der Waals surface area contributed by atoms with Gasteiger partial charge in [0.05, 0.1) is 10.6 Å². The summed E-state index contributed by atoms with van der Waals surface area (Å²) in [5, 5.41) is 7.03. The Morgan fingerprint density at radius 2 is 2.25 bits per heavy atom. The second kappa shape index (κ2) is 5.04. The average Bonchev–Trinajstić information content (AvgIpc) is 2.70. The highest BCUT2D eigenvalue weighted by atomic mass is 35.5. The molecule has 1 aromatic rings. The molecule has 1 fully saturated rings. The van der Waals surface area contributed by atoms with E-state index in [2.05, 4.69) is 10.6 Å². The maximum absolute atomic E-state index is 11.9. The Hall–Kier alpha value is -0.770. The van der Waals surface area contributed by atoms with E-state index in [0.29, 0.717) is 15.6 Å². The Morgan fingerprint density at radius 3 is 2.88 bits per heavy atom. The third kappa shape index (κ3) is 2.67. The molecule has 0 spiro atoms. The van der Waals surface area contributed by atoms with Crippen LogP contribution in [0.3, 0.4) is 0 Å². The number of amides is 1. The van der Waals surface area contributed by atoms with Crippen molar-refractivity contribution in [3.05, 3.63) is 33.8 Å². The number of nitrogens with one attached hydrogen (secondary N) is 2. The van der Waals surface area contributed by atoms with Crippen LogP contribution in [-0.4, -0.2) is 25.0 Å². The summed E-state index contributed by atoms with van der Waals surface area (Å²) in [6, 6.07) is 5.07. The first-order valence-electron chi connectivity index (χ1n) is 5.13. The summed E-state index contributed by atoms with van der Waals surface area (Å²) in [7, 11) is 0. The van der Waals surface area contributed by atoms with Crippen LogP contribution in [0.5, 0.6) is 0 Å². The number of halogens is 2. The van der Waals surface area contributed by atoms with Gasteiger partial charge in [0.25, 0.3) is 5.91 Å². The molecular formula is C11H12Cl2N2O. The summed E-state index contributed by atoms with van der Waals surface area (Å²) in [5.41, 5.74) is 0.470. The van der Waals surface area contributed by atoms with Crippen LogP contribution in [0.25, 0.3) is 0 Å². The molecule has 1 aromatic carbocycles. The third-order valence-corrected chi connectivity index (χ3v) is 3.12. The fraction of sp³-hybridized carbons (Fsp3) is 0.364. The van der Waals surface area contributed by atoms with Gasteiger partial charge in [-0.2, -0.15) is 0 Å². The minimum Gasteiger partial charge on any atom is -0.348 e. The van der Waals surface area contributed by atoms with Crippen LogP contribution < -0.4 is 10.6 Å². The number of carbonyl (C=O) groups is 1. The lowest BCUT2D eigenvalue weighted by atomic mass is 10.2. The van der Waals surface area contributed by atoms with E-state index in [1.165, 1.54) is 0 Å². The molecule has 1 amide bonds. The normalized spacial score (nSPS) is 19.8. The largest absolute Gasteiger partial charge is 0.348 e. The minimum absolute atomic E-state index is 0.143. The summed E-state index contributed by atoms with van der Waals surface area (Å²) in [6.45, 7) is 1.76. The fourth-order valence-corrected chi connectivity index (χ4v) is 2.21. The lowest BCUT2D eigenvalue weighted by Gasteiger charge is -2.12. The van der Waals surface area contributed by atoms with E-state index in [4.69, 9.17) is 23.2 Å². The number of rotatable bonds is 2. The van der Waals surface area contributed by atoms with Gasteiger partial charge in [-0.25, -0.2) is 0 Å². The predicted octanol–water partition coefficient (Wildman–Crippen LogP) is 2.09. The predicted molar refractivity (Wildman–Crippen MR) is 65.2 cm³/mol. The van der Waals surface area contributed by atoms with E-state index in [9.17, 15) is 4.79 Å². The molecule has 0 aliphatic carbocycles. The molecule has 1 aliphatic rings. The van der Waals surface area contributed by atoms with Gasteiger partial charge >= 0.3 is 0 Å². The van der Waals surface area contributed by atoms with Gasteiger partial charge in [-0.05, 0) is 31.2 Å². The van der Waals surface area contributed by atoms with Gasteiger partial charge in [0, 0.05) is 17.6 Å². The van der Waals surface area contributed by atoms with Crippen LogP contribution in [0.2, 0.25) is 10.0 Å². The molecule has 5 heteroatoms. The molecule has 0 aromatic heterocycles. The molecule has 3 nitrogen and oxygen atoms in total. The second-order valence-corrected chi connectivity index (χ2v) is 4.63. The Labute approximate surface area is 104 Å². The molecule has 0 unspecified atom stereocenters. The zero-order valence-electron chi connectivity index (χ0n) is 8.59. The smallest absolute Gasteiger partial charge is 0.253 e. The first-order chi connectivity index (χ1) is 7.66. The van der Waals surface area contributed by atoms with Crippen molar-refractivity contribution >= 4 is 29.1 Å². The molecule has 0 radical (unpaired) electrons. The van der Waals surface area contributed by atoms with Crippen molar-refractivity contribution in [2.45, 2.75) is 12.5 Å². The third-order valence-electron chi connectivity index (χ3n) is 2.57. The highest BCUT2D eigenvalue weighted by Gasteiger charge is 2.18. The van der Waals surface area contributed by atoms with Crippen molar-refractivity contribution in [3.63, 3.8) is 0 Å². The summed E-state index contributed by atoms with van der Waals surface area (Å²) in [6.07, 6.45) is 0.955. The van der Waals surface area contributed by atoms with E-state index in [1.807, 2.05) is 0 Å². The van der Waals surface area contributed by atoms with Crippen molar-refractivity contribution < 1.29 is 4.79 Å². The lowest BCUT2D eigenvalue weighted by Crippen LogP contribution is -2.36. The van der Waals surface area contributed by atoms with Crippen LogP contribution in [0.1, 0.15) is 16.8 Å². The molecule has 0 saturated carbocycles. The molecule has 2 rings (SSSR count). The van der Waals surface area contributed by atoms with Crippen molar-refractivity contribution in [2.75, 3.05) is 13.1 Å².